The van der Waals surface area contributed by atoms with Gasteiger partial charge in [0.25, 0.3) is 8.32 Å². The number of aliphatic hydroxyl groups is 1. The lowest BCUT2D eigenvalue weighted by Gasteiger charge is -2.44. The van der Waals surface area contributed by atoms with Crippen molar-refractivity contribution >= 4 is 33.0 Å². The highest BCUT2D eigenvalue weighted by molar-refractivity contribution is 6.99. The van der Waals surface area contributed by atoms with Gasteiger partial charge >= 0.3 is 5.97 Å². The minimum absolute atomic E-state index is 0.0559. The molecular formula is C38H62O5Si2. The van der Waals surface area contributed by atoms with Gasteiger partial charge in [0.2, 0.25) is 0 Å². The van der Waals surface area contributed by atoms with Crippen molar-refractivity contribution in [1.82, 2.24) is 0 Å². The molecule has 0 radical (unpaired) electrons. The van der Waals surface area contributed by atoms with Gasteiger partial charge in [-0.3, -0.25) is 4.79 Å². The predicted molar refractivity (Wildman–Crippen MR) is 194 cm³/mol. The molecule has 0 aliphatic heterocycles. The lowest BCUT2D eigenvalue weighted by Crippen LogP contribution is -2.67. The normalized spacial score (nSPS) is 17.1. The topological polar surface area (TPSA) is 65.0 Å². The van der Waals surface area contributed by atoms with Crippen LogP contribution in [0.15, 0.2) is 73.3 Å². The smallest absolute Gasteiger partial charge is 0.302 e. The van der Waals surface area contributed by atoms with Crippen molar-refractivity contribution in [3.05, 3.63) is 73.3 Å². The molecule has 0 amide bonds. The Labute approximate surface area is 277 Å². The van der Waals surface area contributed by atoms with Crippen molar-refractivity contribution in [1.29, 1.82) is 0 Å². The second-order valence-corrected chi connectivity index (χ2v) is 24.7. The first-order chi connectivity index (χ1) is 20.8. The summed E-state index contributed by atoms with van der Waals surface area (Å²) in [6.45, 7) is 30.6. The van der Waals surface area contributed by atoms with Crippen LogP contribution < -0.4 is 10.4 Å². The molecule has 1 N–H and O–H groups in total. The number of carbonyl (C=O) groups excluding carboxylic acids is 1. The first-order valence-electron chi connectivity index (χ1n) is 16.6. The van der Waals surface area contributed by atoms with Gasteiger partial charge < -0.3 is 18.7 Å². The molecule has 2 aromatic rings. The third kappa shape index (κ3) is 9.98. The highest BCUT2D eigenvalue weighted by Crippen LogP contribution is 2.40. The fourth-order valence-electron chi connectivity index (χ4n) is 6.10. The van der Waals surface area contributed by atoms with Gasteiger partial charge in [0, 0.05) is 19.4 Å². The van der Waals surface area contributed by atoms with Gasteiger partial charge in [0.05, 0.1) is 18.8 Å². The lowest BCUT2D eigenvalue weighted by atomic mass is 9.79. The highest BCUT2D eigenvalue weighted by atomic mass is 28.4. The van der Waals surface area contributed by atoms with Gasteiger partial charge in [-0.25, -0.2) is 0 Å². The number of ether oxygens (including phenoxy) is 1. The molecule has 0 bridgehead atoms. The van der Waals surface area contributed by atoms with Crippen molar-refractivity contribution in [2.45, 2.75) is 111 Å². The van der Waals surface area contributed by atoms with Crippen molar-refractivity contribution in [3.8, 4) is 0 Å². The second-order valence-electron chi connectivity index (χ2n) is 15.7. The first-order valence-corrected chi connectivity index (χ1v) is 21.5. The average molecular weight is 655 g/mol. The maximum Gasteiger partial charge on any atom is 0.302 e. The Balaban J connectivity index is 2.33. The summed E-state index contributed by atoms with van der Waals surface area (Å²) in [5, 5.41) is 14.2. The molecule has 7 heteroatoms. The quantitative estimate of drug-likeness (QED) is 0.113. The summed E-state index contributed by atoms with van der Waals surface area (Å²) >= 11 is 0. The Kier molecular flexibility index (Phi) is 14.1. The lowest BCUT2D eigenvalue weighted by molar-refractivity contribution is -0.144. The maximum absolute atomic E-state index is 11.9. The number of benzene rings is 2. The summed E-state index contributed by atoms with van der Waals surface area (Å²) in [4.78, 5) is 11.9. The van der Waals surface area contributed by atoms with E-state index in [4.69, 9.17) is 13.6 Å². The Morgan fingerprint density at radius 2 is 1.33 bits per heavy atom. The summed E-state index contributed by atoms with van der Waals surface area (Å²) in [6, 6.07) is 21.2. The van der Waals surface area contributed by atoms with E-state index in [2.05, 4.69) is 131 Å². The van der Waals surface area contributed by atoms with Crippen LogP contribution in [0.1, 0.15) is 75.7 Å². The van der Waals surface area contributed by atoms with E-state index in [0.717, 1.165) is 6.42 Å². The SMILES string of the molecule is C=C[C@@H](O[Si](C)(C)C(C)(C)C)[C@H](C)C[C@H](COC(C)=O)[C@H](C)[C@H](O)[C@H](C)CO[Si](c1ccccc1)(c1ccccc1)C(C)(C)C. The van der Waals surface area contributed by atoms with Crippen LogP contribution in [0.4, 0.5) is 0 Å². The fraction of sp³-hybridized carbons (Fsp3) is 0.605. The molecule has 0 unspecified atom stereocenters. The van der Waals surface area contributed by atoms with Gasteiger partial charge in [0.1, 0.15) is 0 Å². The summed E-state index contributed by atoms with van der Waals surface area (Å²) < 4.78 is 19.5. The largest absolute Gasteiger partial charge is 0.466 e. The molecule has 0 aliphatic carbocycles. The zero-order valence-electron chi connectivity index (χ0n) is 30.2. The molecular weight excluding hydrogens is 593 g/mol. The molecule has 0 aliphatic rings. The molecule has 0 heterocycles. The Bertz CT molecular complexity index is 1150. The highest BCUT2D eigenvalue weighted by Gasteiger charge is 2.50. The van der Waals surface area contributed by atoms with Crippen molar-refractivity contribution in [2.24, 2.45) is 23.7 Å². The standard InChI is InChI=1S/C38H62O5Si2/c1-14-35(43-44(12,13)37(6,7)8)28(2)25-32(27-41-31(5)39)30(4)36(40)29(3)26-42-45(38(9,10)11,33-21-17-15-18-22-33)34-23-19-16-20-24-34/h14-24,28-30,32,35-36,40H,1,25-27H2,2-13H3/t28-,29-,30+,32-,35-,36-/m1/s1. The van der Waals surface area contributed by atoms with Crippen LogP contribution in [-0.2, 0) is 18.4 Å². The number of hydrogen-bond donors (Lipinski definition) is 1. The monoisotopic (exact) mass is 654 g/mol. The van der Waals surface area contributed by atoms with E-state index >= 15 is 0 Å². The molecule has 5 nitrogen and oxygen atoms in total. The fourth-order valence-corrected chi connectivity index (χ4v) is 12.1. The van der Waals surface area contributed by atoms with Crippen LogP contribution in [0.25, 0.3) is 0 Å². The van der Waals surface area contributed by atoms with Gasteiger partial charge in [-0.05, 0) is 57.7 Å². The molecule has 0 saturated carbocycles. The number of esters is 1. The molecule has 2 aromatic carbocycles. The minimum atomic E-state index is -2.74. The Hall–Kier alpha value is -2.04. The van der Waals surface area contributed by atoms with E-state index in [-0.39, 0.29) is 52.4 Å². The molecule has 252 valence electrons. The van der Waals surface area contributed by atoms with Gasteiger partial charge in [-0.15, -0.1) is 6.58 Å². The second kappa shape index (κ2) is 16.2. The molecule has 2 rings (SSSR count). The summed E-state index contributed by atoms with van der Waals surface area (Å²) in [6.07, 6.45) is 1.87. The zero-order valence-corrected chi connectivity index (χ0v) is 32.2. The van der Waals surface area contributed by atoms with E-state index in [9.17, 15) is 9.90 Å². The van der Waals surface area contributed by atoms with E-state index in [1.165, 1.54) is 17.3 Å². The van der Waals surface area contributed by atoms with Crippen LogP contribution >= 0.6 is 0 Å². The van der Waals surface area contributed by atoms with Crippen LogP contribution in [0.3, 0.4) is 0 Å². The van der Waals surface area contributed by atoms with Crippen molar-refractivity contribution in [3.63, 3.8) is 0 Å². The summed E-state index contributed by atoms with van der Waals surface area (Å²) in [5.74, 6) is -0.510. The minimum Gasteiger partial charge on any atom is -0.466 e. The van der Waals surface area contributed by atoms with Crippen LogP contribution in [0.5, 0.6) is 0 Å². The van der Waals surface area contributed by atoms with E-state index in [1.54, 1.807) is 0 Å². The maximum atomic E-state index is 11.9. The summed E-state index contributed by atoms with van der Waals surface area (Å²) in [5.41, 5.74) is 0. The molecule has 6 atom stereocenters. The van der Waals surface area contributed by atoms with E-state index < -0.39 is 22.7 Å². The third-order valence-electron chi connectivity index (χ3n) is 10.1. The number of hydrogen-bond acceptors (Lipinski definition) is 5. The molecule has 0 fully saturated rings. The molecule has 0 saturated heterocycles. The van der Waals surface area contributed by atoms with Gasteiger partial charge in [0.15, 0.2) is 8.32 Å². The number of rotatable bonds is 16. The molecule has 45 heavy (non-hydrogen) atoms. The molecule has 0 aromatic heterocycles. The Morgan fingerprint density at radius 3 is 1.73 bits per heavy atom. The predicted octanol–water partition coefficient (Wildman–Crippen LogP) is 7.98. The van der Waals surface area contributed by atoms with Crippen LogP contribution in [-0.4, -0.2) is 53.1 Å². The van der Waals surface area contributed by atoms with Crippen LogP contribution in [0.2, 0.25) is 23.2 Å². The number of aliphatic hydroxyl groups excluding tert-OH is 1. The van der Waals surface area contributed by atoms with Crippen LogP contribution in [0, 0.1) is 23.7 Å². The summed E-state index contributed by atoms with van der Waals surface area (Å²) in [7, 11) is -4.76. The average Bonchev–Trinajstić information content (AvgIpc) is 2.97. The third-order valence-corrected chi connectivity index (χ3v) is 19.5. The van der Waals surface area contributed by atoms with Crippen molar-refractivity contribution in [2.75, 3.05) is 13.2 Å². The zero-order chi connectivity index (χ0) is 34.2. The van der Waals surface area contributed by atoms with Gasteiger partial charge in [-0.1, -0.05) is 129 Å². The van der Waals surface area contributed by atoms with E-state index in [0.29, 0.717) is 6.61 Å². The molecule has 0 spiro atoms. The van der Waals surface area contributed by atoms with E-state index in [1.807, 2.05) is 18.2 Å². The Morgan fingerprint density at radius 1 is 0.844 bits per heavy atom. The van der Waals surface area contributed by atoms with Gasteiger partial charge in [-0.2, -0.15) is 0 Å². The first kappa shape index (κ1) is 39.1. The number of carbonyl (C=O) groups is 1. The van der Waals surface area contributed by atoms with Crippen molar-refractivity contribution < 1.29 is 23.5 Å².